The second-order valence-corrected chi connectivity index (χ2v) is 5.08. The molecule has 0 aromatic heterocycles. The highest BCUT2D eigenvalue weighted by Gasteiger charge is 2.27. The third kappa shape index (κ3) is 2.77. The van der Waals surface area contributed by atoms with Crippen LogP contribution in [0.2, 0.25) is 0 Å². The molecule has 0 heterocycles. The fraction of sp³-hybridized carbons (Fsp3) is 0.111. The Morgan fingerprint density at radius 3 is 1.86 bits per heavy atom. The first-order valence-corrected chi connectivity index (χ1v) is 6.90. The molecule has 0 spiro atoms. The maximum absolute atomic E-state index is 11.1. The number of nitro groups is 1. The molecule has 3 rings (SSSR count). The Balaban J connectivity index is 2.04. The van der Waals surface area contributed by atoms with Gasteiger partial charge in [0.05, 0.1) is 4.92 Å². The summed E-state index contributed by atoms with van der Waals surface area (Å²) >= 11 is 0. The minimum absolute atomic E-state index is 0.0148. The van der Waals surface area contributed by atoms with Crippen molar-refractivity contribution in [3.05, 3.63) is 106 Å². The van der Waals surface area contributed by atoms with E-state index in [2.05, 4.69) is 12.1 Å². The summed E-state index contributed by atoms with van der Waals surface area (Å²) in [5, 5.41) is 11.1. The fourth-order valence-corrected chi connectivity index (χ4v) is 2.76. The molecule has 1 aliphatic carbocycles. The second-order valence-electron chi connectivity index (χ2n) is 5.08. The van der Waals surface area contributed by atoms with Crippen molar-refractivity contribution in [3.63, 3.8) is 0 Å². The number of rotatable bonds is 3. The van der Waals surface area contributed by atoms with Crippen molar-refractivity contribution >= 4 is 0 Å². The van der Waals surface area contributed by atoms with Crippen molar-refractivity contribution in [3.8, 4) is 0 Å². The summed E-state index contributed by atoms with van der Waals surface area (Å²) in [5.74, 6) is 0.108. The van der Waals surface area contributed by atoms with Gasteiger partial charge in [0, 0.05) is 24.0 Å². The van der Waals surface area contributed by atoms with Gasteiger partial charge < -0.3 is 0 Å². The molecule has 2 unspecified atom stereocenters. The quantitative estimate of drug-likeness (QED) is 0.620. The van der Waals surface area contributed by atoms with Crippen molar-refractivity contribution < 1.29 is 4.92 Å². The summed E-state index contributed by atoms with van der Waals surface area (Å²) < 4.78 is 0. The predicted molar refractivity (Wildman–Crippen MR) is 82.6 cm³/mol. The van der Waals surface area contributed by atoms with Crippen LogP contribution in [0, 0.1) is 10.1 Å². The van der Waals surface area contributed by atoms with Crippen molar-refractivity contribution in [1.29, 1.82) is 0 Å². The van der Waals surface area contributed by atoms with Crippen LogP contribution in [0.3, 0.4) is 0 Å². The van der Waals surface area contributed by atoms with E-state index in [9.17, 15) is 10.1 Å². The van der Waals surface area contributed by atoms with Gasteiger partial charge in [0.1, 0.15) is 0 Å². The highest BCUT2D eigenvalue weighted by atomic mass is 16.6. The van der Waals surface area contributed by atoms with E-state index in [1.165, 1.54) is 5.56 Å². The molecule has 0 saturated heterocycles. The Bertz CT molecular complexity index is 690. The topological polar surface area (TPSA) is 43.1 Å². The molecule has 2 atom stereocenters. The molecular weight excluding hydrogens is 262 g/mol. The van der Waals surface area contributed by atoms with E-state index in [1.807, 2.05) is 54.6 Å². The van der Waals surface area contributed by atoms with Crippen molar-refractivity contribution in [2.45, 2.75) is 11.8 Å². The molecule has 0 amide bonds. The smallest absolute Gasteiger partial charge is 0.258 e. The summed E-state index contributed by atoms with van der Waals surface area (Å²) in [6, 6.07) is 20.0. The standard InChI is InChI=1S/C18H15NO2/c20-19(21)16-11-12-17(14-7-3-1-4-8-14)18(13-16)15-9-5-2-6-10-15/h1-13,17-18H. The Kier molecular flexibility index (Phi) is 3.65. The van der Waals surface area contributed by atoms with Crippen LogP contribution in [-0.2, 0) is 0 Å². The van der Waals surface area contributed by atoms with E-state index >= 15 is 0 Å². The van der Waals surface area contributed by atoms with E-state index < -0.39 is 0 Å². The Labute approximate surface area is 123 Å². The maximum Gasteiger partial charge on any atom is 0.265 e. The maximum atomic E-state index is 11.1. The predicted octanol–water partition coefficient (Wildman–Crippen LogP) is 4.28. The van der Waals surface area contributed by atoms with Gasteiger partial charge in [-0.05, 0) is 11.1 Å². The van der Waals surface area contributed by atoms with Gasteiger partial charge in [-0.1, -0.05) is 66.7 Å². The monoisotopic (exact) mass is 277 g/mol. The Morgan fingerprint density at radius 2 is 1.33 bits per heavy atom. The lowest BCUT2D eigenvalue weighted by Crippen LogP contribution is -2.13. The first-order valence-electron chi connectivity index (χ1n) is 6.90. The van der Waals surface area contributed by atoms with Gasteiger partial charge in [0.2, 0.25) is 0 Å². The SMILES string of the molecule is O=[N+]([O-])C1=CC(c2ccccc2)C(c2ccccc2)C=C1. The third-order valence-electron chi connectivity index (χ3n) is 3.79. The van der Waals surface area contributed by atoms with Gasteiger partial charge in [0.25, 0.3) is 5.70 Å². The largest absolute Gasteiger partial charge is 0.265 e. The zero-order valence-corrected chi connectivity index (χ0v) is 11.4. The summed E-state index contributed by atoms with van der Waals surface area (Å²) in [6.45, 7) is 0. The lowest BCUT2D eigenvalue weighted by Gasteiger charge is -2.25. The highest BCUT2D eigenvalue weighted by Crippen LogP contribution is 2.39. The molecule has 0 fully saturated rings. The van der Waals surface area contributed by atoms with Gasteiger partial charge in [-0.3, -0.25) is 10.1 Å². The Morgan fingerprint density at radius 1 is 0.810 bits per heavy atom. The fourth-order valence-electron chi connectivity index (χ4n) is 2.76. The van der Waals surface area contributed by atoms with Crippen molar-refractivity contribution in [1.82, 2.24) is 0 Å². The van der Waals surface area contributed by atoms with Crippen LogP contribution in [0.25, 0.3) is 0 Å². The number of hydrogen-bond acceptors (Lipinski definition) is 2. The average Bonchev–Trinajstić information content (AvgIpc) is 2.56. The molecule has 21 heavy (non-hydrogen) atoms. The molecule has 3 heteroatoms. The van der Waals surface area contributed by atoms with Crippen LogP contribution in [0.4, 0.5) is 0 Å². The number of hydrogen-bond donors (Lipinski definition) is 0. The van der Waals surface area contributed by atoms with E-state index in [0.717, 1.165) is 5.56 Å². The van der Waals surface area contributed by atoms with Crippen LogP contribution < -0.4 is 0 Å². The minimum Gasteiger partial charge on any atom is -0.258 e. The van der Waals surface area contributed by atoms with Gasteiger partial charge in [-0.15, -0.1) is 0 Å². The zero-order chi connectivity index (χ0) is 14.7. The second kappa shape index (κ2) is 5.75. The summed E-state index contributed by atoms with van der Waals surface area (Å²) in [6.07, 6.45) is 5.30. The third-order valence-corrected chi connectivity index (χ3v) is 3.79. The normalized spacial score (nSPS) is 20.9. The molecule has 0 saturated carbocycles. The highest BCUT2D eigenvalue weighted by molar-refractivity contribution is 5.40. The molecule has 2 aromatic carbocycles. The van der Waals surface area contributed by atoms with E-state index in [0.29, 0.717) is 0 Å². The van der Waals surface area contributed by atoms with Crippen LogP contribution in [0.15, 0.2) is 84.6 Å². The average molecular weight is 277 g/mol. The molecule has 0 radical (unpaired) electrons. The molecular formula is C18H15NO2. The molecule has 0 bridgehead atoms. The van der Waals surface area contributed by atoms with Gasteiger partial charge in [-0.2, -0.15) is 0 Å². The van der Waals surface area contributed by atoms with Crippen molar-refractivity contribution in [2.75, 3.05) is 0 Å². The van der Waals surface area contributed by atoms with Crippen LogP contribution in [0.1, 0.15) is 23.0 Å². The molecule has 3 nitrogen and oxygen atoms in total. The summed E-state index contributed by atoms with van der Waals surface area (Å²) in [5.41, 5.74) is 2.42. The van der Waals surface area contributed by atoms with E-state index in [1.54, 1.807) is 12.2 Å². The number of benzene rings is 2. The van der Waals surface area contributed by atoms with Crippen LogP contribution in [-0.4, -0.2) is 4.92 Å². The van der Waals surface area contributed by atoms with Gasteiger partial charge in [0.15, 0.2) is 0 Å². The molecule has 2 aromatic rings. The Hall–Kier alpha value is -2.68. The molecule has 1 aliphatic rings. The first-order chi connectivity index (χ1) is 10.3. The van der Waals surface area contributed by atoms with Crippen molar-refractivity contribution in [2.24, 2.45) is 0 Å². The summed E-state index contributed by atoms with van der Waals surface area (Å²) in [7, 11) is 0. The molecule has 0 aliphatic heterocycles. The van der Waals surface area contributed by atoms with E-state index in [4.69, 9.17) is 0 Å². The molecule has 0 N–H and O–H groups in total. The molecule has 104 valence electrons. The first kappa shape index (κ1) is 13.3. The van der Waals surface area contributed by atoms with Crippen LogP contribution in [0.5, 0.6) is 0 Å². The van der Waals surface area contributed by atoms with Gasteiger partial charge >= 0.3 is 0 Å². The van der Waals surface area contributed by atoms with Gasteiger partial charge in [-0.25, -0.2) is 0 Å². The minimum atomic E-state index is -0.326. The van der Waals surface area contributed by atoms with E-state index in [-0.39, 0.29) is 22.5 Å². The lowest BCUT2D eigenvalue weighted by molar-refractivity contribution is -0.419. The van der Waals surface area contributed by atoms with Crippen LogP contribution >= 0.6 is 0 Å². The lowest BCUT2D eigenvalue weighted by atomic mass is 9.78. The summed E-state index contributed by atoms with van der Waals surface area (Å²) in [4.78, 5) is 10.7. The number of allylic oxidation sites excluding steroid dienone is 3. The number of nitrogens with zero attached hydrogens (tertiary/aromatic N) is 1. The zero-order valence-electron chi connectivity index (χ0n) is 11.4.